The van der Waals surface area contributed by atoms with Gasteiger partial charge < -0.3 is 10.0 Å². The molecule has 3 aromatic rings. The van der Waals surface area contributed by atoms with E-state index in [1.165, 1.54) is 0 Å². The molecular formula is C23H29N3O. The molecule has 1 N–H and O–H groups in total. The smallest absolute Gasteiger partial charge is 0.165 e. The topological polar surface area (TPSA) is 49.2 Å². The number of para-hydroxylation sites is 1. The maximum atomic E-state index is 10.3. The Labute approximate surface area is 161 Å². The molecular weight excluding hydrogens is 334 g/mol. The van der Waals surface area contributed by atoms with Crippen molar-refractivity contribution in [2.45, 2.75) is 34.6 Å². The van der Waals surface area contributed by atoms with Crippen LogP contribution in [0.25, 0.3) is 22.3 Å². The summed E-state index contributed by atoms with van der Waals surface area (Å²) in [5.74, 6) is 2.76. The number of phenolic OH excluding ortho intramolecular Hbond substituents is 1. The number of hydrogen-bond donors (Lipinski definition) is 1. The third-order valence-electron chi connectivity index (χ3n) is 4.45. The highest BCUT2D eigenvalue weighted by Crippen LogP contribution is 2.32. The minimum atomic E-state index is 0.203. The molecule has 3 rings (SSSR count). The molecule has 0 aliphatic heterocycles. The molecule has 0 bridgehead atoms. The minimum absolute atomic E-state index is 0.203. The van der Waals surface area contributed by atoms with E-state index in [4.69, 9.17) is 9.97 Å². The van der Waals surface area contributed by atoms with Crippen molar-refractivity contribution in [3.8, 4) is 17.1 Å². The second-order valence-electron chi connectivity index (χ2n) is 8.10. The molecule has 0 aliphatic carbocycles. The molecule has 1 aromatic heterocycles. The van der Waals surface area contributed by atoms with E-state index in [-0.39, 0.29) is 5.75 Å². The average Bonchev–Trinajstić information content (AvgIpc) is 2.59. The summed E-state index contributed by atoms with van der Waals surface area (Å²) in [6.07, 6.45) is 0. The Balaban J connectivity index is 2.24. The third-order valence-corrected chi connectivity index (χ3v) is 4.45. The van der Waals surface area contributed by atoms with Gasteiger partial charge in [0.15, 0.2) is 5.82 Å². The monoisotopic (exact) mass is 363 g/mol. The van der Waals surface area contributed by atoms with E-state index in [1.807, 2.05) is 18.2 Å². The van der Waals surface area contributed by atoms with E-state index >= 15 is 0 Å². The molecule has 0 saturated heterocycles. The Kier molecular flexibility index (Phi) is 5.64. The van der Waals surface area contributed by atoms with Crippen LogP contribution in [0.2, 0.25) is 0 Å². The van der Waals surface area contributed by atoms with Gasteiger partial charge in [-0.05, 0) is 48.6 Å². The quantitative estimate of drug-likeness (QED) is 0.634. The van der Waals surface area contributed by atoms with Gasteiger partial charge in [-0.25, -0.2) is 9.97 Å². The zero-order chi connectivity index (χ0) is 19.6. The van der Waals surface area contributed by atoms with Gasteiger partial charge in [0.25, 0.3) is 0 Å². The van der Waals surface area contributed by atoms with Gasteiger partial charge >= 0.3 is 0 Å². The van der Waals surface area contributed by atoms with Crippen LogP contribution in [0.4, 0.5) is 5.82 Å². The maximum absolute atomic E-state index is 10.3. The zero-order valence-electron chi connectivity index (χ0n) is 16.9. The van der Waals surface area contributed by atoms with Crippen molar-refractivity contribution < 1.29 is 5.11 Å². The molecule has 27 heavy (non-hydrogen) atoms. The van der Waals surface area contributed by atoms with Gasteiger partial charge in [-0.1, -0.05) is 45.9 Å². The van der Waals surface area contributed by atoms with Gasteiger partial charge in [0.2, 0.25) is 0 Å². The van der Waals surface area contributed by atoms with E-state index in [9.17, 15) is 5.11 Å². The zero-order valence-corrected chi connectivity index (χ0v) is 16.9. The summed E-state index contributed by atoms with van der Waals surface area (Å²) in [6.45, 7) is 12.8. The lowest BCUT2D eigenvalue weighted by Gasteiger charge is -2.29. The number of aryl methyl sites for hydroxylation is 1. The first kappa shape index (κ1) is 19.2. The van der Waals surface area contributed by atoms with Crippen molar-refractivity contribution in [3.05, 3.63) is 48.0 Å². The van der Waals surface area contributed by atoms with Crippen LogP contribution in [-0.2, 0) is 0 Å². The average molecular weight is 364 g/mol. The molecule has 0 saturated carbocycles. The summed E-state index contributed by atoms with van der Waals surface area (Å²) in [7, 11) is 0. The molecule has 0 unspecified atom stereocenters. The molecule has 4 heteroatoms. The summed E-state index contributed by atoms with van der Waals surface area (Å²) in [6, 6.07) is 13.6. The van der Waals surface area contributed by atoms with Crippen LogP contribution in [0.3, 0.4) is 0 Å². The number of rotatable bonds is 6. The van der Waals surface area contributed by atoms with E-state index in [0.717, 1.165) is 35.4 Å². The summed E-state index contributed by atoms with van der Waals surface area (Å²) in [5, 5.41) is 11.4. The van der Waals surface area contributed by atoms with E-state index in [1.54, 1.807) is 6.07 Å². The summed E-state index contributed by atoms with van der Waals surface area (Å²) < 4.78 is 0. The Bertz CT molecular complexity index is 924. The molecule has 1 heterocycles. The van der Waals surface area contributed by atoms with Crippen LogP contribution in [-0.4, -0.2) is 28.2 Å². The second-order valence-corrected chi connectivity index (χ2v) is 8.10. The largest absolute Gasteiger partial charge is 0.507 e. The first-order valence-electron chi connectivity index (χ1n) is 9.67. The van der Waals surface area contributed by atoms with E-state index in [2.05, 4.69) is 57.7 Å². The number of phenols is 1. The number of aromatic nitrogens is 2. The number of aromatic hydroxyl groups is 1. The highest BCUT2D eigenvalue weighted by molar-refractivity contribution is 5.91. The van der Waals surface area contributed by atoms with Gasteiger partial charge in [-0.3, -0.25) is 0 Å². The van der Waals surface area contributed by atoms with Crippen LogP contribution in [0, 0.1) is 18.8 Å². The predicted octanol–water partition coefficient (Wildman–Crippen LogP) is 5.43. The number of fused-ring (bicyclic) bond motifs is 1. The normalized spacial score (nSPS) is 11.5. The van der Waals surface area contributed by atoms with Crippen molar-refractivity contribution >= 4 is 16.7 Å². The maximum Gasteiger partial charge on any atom is 0.165 e. The fourth-order valence-electron chi connectivity index (χ4n) is 3.38. The third kappa shape index (κ3) is 4.38. The Morgan fingerprint density at radius 1 is 0.926 bits per heavy atom. The van der Waals surface area contributed by atoms with Gasteiger partial charge in [0.05, 0.1) is 11.1 Å². The standard InChI is InChI=1S/C23H29N3O/c1-15(2)13-26(14-16(3)4)23-18-11-10-17(5)12-20(18)24-22(25-23)19-8-6-7-9-21(19)27/h6-12,15-16,27H,13-14H2,1-5H3. The highest BCUT2D eigenvalue weighted by Gasteiger charge is 2.18. The fourth-order valence-corrected chi connectivity index (χ4v) is 3.38. The second kappa shape index (κ2) is 7.95. The fraction of sp³-hybridized carbons (Fsp3) is 0.391. The molecule has 2 aromatic carbocycles. The molecule has 0 spiro atoms. The molecule has 142 valence electrons. The van der Waals surface area contributed by atoms with Gasteiger partial charge in [0.1, 0.15) is 11.6 Å². The van der Waals surface area contributed by atoms with Crippen molar-refractivity contribution in [2.24, 2.45) is 11.8 Å². The Hall–Kier alpha value is -2.62. The first-order chi connectivity index (χ1) is 12.8. The number of hydrogen-bond acceptors (Lipinski definition) is 4. The number of anilines is 1. The molecule has 0 atom stereocenters. The molecule has 0 fully saturated rings. The van der Waals surface area contributed by atoms with Crippen molar-refractivity contribution in [1.29, 1.82) is 0 Å². The molecule has 4 nitrogen and oxygen atoms in total. The van der Waals surface area contributed by atoms with Crippen LogP contribution in [0.5, 0.6) is 5.75 Å². The summed E-state index contributed by atoms with van der Waals surface area (Å²) in [4.78, 5) is 12.1. The van der Waals surface area contributed by atoms with Crippen molar-refractivity contribution in [3.63, 3.8) is 0 Å². The molecule has 0 amide bonds. The highest BCUT2D eigenvalue weighted by atomic mass is 16.3. The predicted molar refractivity (Wildman–Crippen MR) is 113 cm³/mol. The van der Waals surface area contributed by atoms with Crippen LogP contribution in [0.15, 0.2) is 42.5 Å². The lowest BCUT2D eigenvalue weighted by atomic mass is 10.1. The SMILES string of the molecule is Cc1ccc2c(N(CC(C)C)CC(C)C)nc(-c3ccccc3O)nc2c1. The van der Waals surface area contributed by atoms with Crippen LogP contribution >= 0.6 is 0 Å². The summed E-state index contributed by atoms with van der Waals surface area (Å²) >= 11 is 0. The first-order valence-corrected chi connectivity index (χ1v) is 9.67. The van der Waals surface area contributed by atoms with Gasteiger partial charge in [-0.2, -0.15) is 0 Å². The minimum Gasteiger partial charge on any atom is -0.507 e. The van der Waals surface area contributed by atoms with Crippen molar-refractivity contribution in [2.75, 3.05) is 18.0 Å². The van der Waals surface area contributed by atoms with E-state index < -0.39 is 0 Å². The molecule has 0 aliphatic rings. The number of benzene rings is 2. The summed E-state index contributed by atoms with van der Waals surface area (Å²) in [5.41, 5.74) is 2.74. The van der Waals surface area contributed by atoms with Crippen LogP contribution in [0.1, 0.15) is 33.3 Å². The lowest BCUT2D eigenvalue weighted by molar-refractivity contribution is 0.477. The van der Waals surface area contributed by atoms with Crippen molar-refractivity contribution in [1.82, 2.24) is 9.97 Å². The number of nitrogens with zero attached hydrogens (tertiary/aromatic N) is 3. The van der Waals surface area contributed by atoms with Gasteiger partial charge in [-0.15, -0.1) is 0 Å². The van der Waals surface area contributed by atoms with Crippen LogP contribution < -0.4 is 4.90 Å². The van der Waals surface area contributed by atoms with Gasteiger partial charge in [0, 0.05) is 18.5 Å². The molecule has 0 radical (unpaired) electrons. The Morgan fingerprint density at radius 2 is 1.59 bits per heavy atom. The van der Waals surface area contributed by atoms with E-state index in [0.29, 0.717) is 23.2 Å². The Morgan fingerprint density at radius 3 is 2.22 bits per heavy atom. The lowest BCUT2D eigenvalue weighted by Crippen LogP contribution is -2.32.